The number of rotatable bonds is 5. The fourth-order valence-electron chi connectivity index (χ4n) is 4.59. The Morgan fingerprint density at radius 2 is 1.89 bits per heavy atom. The fourth-order valence-corrected chi connectivity index (χ4v) is 5.35. The summed E-state index contributed by atoms with van der Waals surface area (Å²) in [6.45, 7) is 3.42. The van der Waals surface area contributed by atoms with Gasteiger partial charge in [-0.05, 0) is 25.5 Å². The number of halogens is 5. The van der Waals surface area contributed by atoms with Crippen molar-refractivity contribution in [3.05, 3.63) is 51.5 Å². The molecule has 1 aliphatic rings. The van der Waals surface area contributed by atoms with Crippen LogP contribution < -0.4 is 10.2 Å². The number of benzene rings is 1. The molecule has 1 aliphatic heterocycles. The molecule has 0 spiro atoms. The number of carbonyl (C=O) groups is 1. The molecule has 13 heteroatoms. The number of piperidine rings is 1. The molecule has 0 unspecified atom stereocenters. The smallest absolute Gasteiger partial charge is 0.434 e. The second kappa shape index (κ2) is 8.82. The summed E-state index contributed by atoms with van der Waals surface area (Å²) in [5.74, 6) is -3.84. The zero-order valence-corrected chi connectivity index (χ0v) is 20.6. The van der Waals surface area contributed by atoms with Gasteiger partial charge in [0.15, 0.2) is 5.69 Å². The standard InChI is InChI=1S/C24H22F5N5O2S/c1-12-7-14(13(2)30-17-11-37-10-16(17)21(35)36)19-15(8-12)20-31-18(24(27,28)29)9-34(20)22(32-19)33-5-3-23(25,26)4-6-33/h7-11,13,30H,3-6H2,1-2H3,(H,35,36)/t13-/m1/s1. The number of aryl methyl sites for hydroxylation is 1. The molecule has 3 aromatic heterocycles. The van der Waals surface area contributed by atoms with Crippen molar-refractivity contribution in [1.82, 2.24) is 14.4 Å². The third-order valence-electron chi connectivity index (χ3n) is 6.46. The molecule has 196 valence electrons. The minimum atomic E-state index is -4.71. The number of nitrogens with one attached hydrogen (secondary N) is 1. The molecule has 0 radical (unpaired) electrons. The molecule has 2 N–H and O–H groups in total. The molecule has 7 nitrogen and oxygen atoms in total. The van der Waals surface area contributed by atoms with Crippen LogP contribution in [0.1, 0.15) is 53.0 Å². The lowest BCUT2D eigenvalue weighted by molar-refractivity contribution is -0.140. The van der Waals surface area contributed by atoms with E-state index in [1.165, 1.54) is 21.1 Å². The van der Waals surface area contributed by atoms with Gasteiger partial charge >= 0.3 is 12.1 Å². The van der Waals surface area contributed by atoms with Crippen molar-refractivity contribution in [1.29, 1.82) is 0 Å². The summed E-state index contributed by atoms with van der Waals surface area (Å²) in [4.78, 5) is 21.7. The molecular weight excluding hydrogens is 517 g/mol. The van der Waals surface area contributed by atoms with Crippen LogP contribution in [0.5, 0.6) is 0 Å². The zero-order valence-electron chi connectivity index (χ0n) is 19.7. The molecule has 0 aliphatic carbocycles. The molecule has 1 atom stereocenters. The second-order valence-electron chi connectivity index (χ2n) is 9.19. The van der Waals surface area contributed by atoms with E-state index in [0.29, 0.717) is 22.2 Å². The fraction of sp³-hybridized carbons (Fsp3) is 0.375. The summed E-state index contributed by atoms with van der Waals surface area (Å²) in [6.07, 6.45) is -4.75. The van der Waals surface area contributed by atoms with Gasteiger partial charge in [0.1, 0.15) is 5.65 Å². The predicted octanol–water partition coefficient (Wildman–Crippen LogP) is 6.38. The van der Waals surface area contributed by atoms with Gasteiger partial charge in [0.2, 0.25) is 5.95 Å². The van der Waals surface area contributed by atoms with Gasteiger partial charge in [0.05, 0.1) is 22.8 Å². The highest BCUT2D eigenvalue weighted by Gasteiger charge is 2.37. The molecular formula is C24H22F5N5O2S. The lowest BCUT2D eigenvalue weighted by atomic mass is 10.0. The summed E-state index contributed by atoms with van der Waals surface area (Å²) in [7, 11) is 0. The number of alkyl halides is 5. The van der Waals surface area contributed by atoms with Crippen LogP contribution in [0.3, 0.4) is 0 Å². The number of aromatic nitrogens is 3. The Kier molecular flexibility index (Phi) is 6.00. The number of thiophene rings is 1. The molecule has 0 bridgehead atoms. The van der Waals surface area contributed by atoms with Crippen molar-refractivity contribution in [2.24, 2.45) is 0 Å². The third-order valence-corrected chi connectivity index (χ3v) is 7.20. The van der Waals surface area contributed by atoms with Crippen molar-refractivity contribution >= 4 is 45.5 Å². The van der Waals surface area contributed by atoms with Gasteiger partial charge in [-0.15, -0.1) is 11.3 Å². The first-order valence-corrected chi connectivity index (χ1v) is 12.4. The van der Waals surface area contributed by atoms with Crippen LogP contribution in [0.2, 0.25) is 0 Å². The van der Waals surface area contributed by atoms with Crippen molar-refractivity contribution in [3.8, 4) is 0 Å². The molecule has 5 rings (SSSR count). The maximum absolute atomic E-state index is 13.8. The highest BCUT2D eigenvalue weighted by molar-refractivity contribution is 7.08. The van der Waals surface area contributed by atoms with E-state index >= 15 is 0 Å². The normalized spacial score (nSPS) is 16.9. The van der Waals surface area contributed by atoms with Gasteiger partial charge in [-0.2, -0.15) is 13.2 Å². The molecule has 1 fully saturated rings. The first-order chi connectivity index (χ1) is 17.3. The average molecular weight is 540 g/mol. The molecule has 0 saturated carbocycles. The Hall–Kier alpha value is -3.48. The van der Waals surface area contributed by atoms with Gasteiger partial charge in [-0.1, -0.05) is 6.07 Å². The van der Waals surface area contributed by atoms with Crippen LogP contribution in [0.4, 0.5) is 33.6 Å². The Morgan fingerprint density at radius 1 is 1.19 bits per heavy atom. The summed E-state index contributed by atoms with van der Waals surface area (Å²) < 4.78 is 69.8. The van der Waals surface area contributed by atoms with E-state index in [4.69, 9.17) is 4.98 Å². The van der Waals surface area contributed by atoms with Gasteiger partial charge in [0.25, 0.3) is 5.92 Å². The predicted molar refractivity (Wildman–Crippen MR) is 130 cm³/mol. The monoisotopic (exact) mass is 539 g/mol. The van der Waals surface area contributed by atoms with Crippen LogP contribution in [0.15, 0.2) is 29.1 Å². The Balaban J connectivity index is 1.70. The van der Waals surface area contributed by atoms with E-state index in [0.717, 1.165) is 11.8 Å². The highest BCUT2D eigenvalue weighted by Crippen LogP contribution is 2.37. The van der Waals surface area contributed by atoms with Crippen LogP contribution in [-0.4, -0.2) is 44.5 Å². The molecule has 4 aromatic rings. The third kappa shape index (κ3) is 4.67. The van der Waals surface area contributed by atoms with Crippen molar-refractivity contribution in [2.75, 3.05) is 23.3 Å². The van der Waals surface area contributed by atoms with Gasteiger partial charge < -0.3 is 15.3 Å². The minimum absolute atomic E-state index is 0.0172. The summed E-state index contributed by atoms with van der Waals surface area (Å²) in [5, 5.41) is 16.1. The van der Waals surface area contributed by atoms with Crippen molar-refractivity contribution in [2.45, 2.75) is 44.8 Å². The molecule has 4 heterocycles. The van der Waals surface area contributed by atoms with Crippen LogP contribution in [-0.2, 0) is 6.18 Å². The highest BCUT2D eigenvalue weighted by atomic mass is 32.1. The van der Waals surface area contributed by atoms with Crippen molar-refractivity contribution < 1.29 is 31.9 Å². The molecule has 1 saturated heterocycles. The first kappa shape index (κ1) is 25.2. The SMILES string of the molecule is Cc1cc([C@@H](C)Nc2cscc2C(=O)O)c2nc(N3CCC(F)(F)CC3)n3cc(C(F)(F)F)nc3c2c1. The number of anilines is 2. The number of fused-ring (bicyclic) bond motifs is 3. The van der Waals surface area contributed by atoms with E-state index in [9.17, 15) is 31.9 Å². The Morgan fingerprint density at radius 3 is 2.54 bits per heavy atom. The summed E-state index contributed by atoms with van der Waals surface area (Å²) in [6, 6.07) is 3.01. The zero-order chi connectivity index (χ0) is 26.7. The minimum Gasteiger partial charge on any atom is -0.478 e. The van der Waals surface area contributed by atoms with Gasteiger partial charge in [0, 0.05) is 53.8 Å². The van der Waals surface area contributed by atoms with E-state index in [2.05, 4.69) is 10.3 Å². The number of hydrogen-bond donors (Lipinski definition) is 2. The van der Waals surface area contributed by atoms with Gasteiger partial charge in [-0.25, -0.2) is 23.5 Å². The van der Waals surface area contributed by atoms with Crippen LogP contribution >= 0.6 is 11.3 Å². The molecule has 0 amide bonds. The number of imidazole rings is 1. The van der Waals surface area contributed by atoms with Gasteiger partial charge in [-0.3, -0.25) is 4.40 Å². The molecule has 1 aromatic carbocycles. The van der Waals surface area contributed by atoms with E-state index in [1.54, 1.807) is 30.2 Å². The lowest BCUT2D eigenvalue weighted by Crippen LogP contribution is -2.40. The van der Waals surface area contributed by atoms with Crippen LogP contribution in [0, 0.1) is 6.92 Å². The lowest BCUT2D eigenvalue weighted by Gasteiger charge is -2.33. The quantitative estimate of drug-likeness (QED) is 0.287. The maximum Gasteiger partial charge on any atom is 0.434 e. The second-order valence-corrected chi connectivity index (χ2v) is 9.94. The van der Waals surface area contributed by atoms with Crippen molar-refractivity contribution in [3.63, 3.8) is 0 Å². The average Bonchev–Trinajstić information content (AvgIpc) is 3.46. The first-order valence-electron chi connectivity index (χ1n) is 11.4. The number of hydrogen-bond acceptors (Lipinski definition) is 6. The van der Waals surface area contributed by atoms with Crippen LogP contribution in [0.25, 0.3) is 16.6 Å². The summed E-state index contributed by atoms with van der Waals surface area (Å²) >= 11 is 1.22. The maximum atomic E-state index is 13.8. The summed E-state index contributed by atoms with van der Waals surface area (Å²) in [5.41, 5.74) is 1.12. The molecule has 37 heavy (non-hydrogen) atoms. The van der Waals surface area contributed by atoms with E-state index < -0.39 is 42.6 Å². The Bertz CT molecular complexity index is 1500. The topological polar surface area (TPSA) is 82.8 Å². The number of carboxylic acid groups (broad SMARTS) is 1. The van der Waals surface area contributed by atoms with E-state index in [-0.39, 0.29) is 30.2 Å². The largest absolute Gasteiger partial charge is 0.478 e. The number of nitrogens with zero attached hydrogens (tertiary/aromatic N) is 4. The van der Waals surface area contributed by atoms with E-state index in [1.807, 2.05) is 6.07 Å². The number of carboxylic acids is 1. The Labute approximate surface area is 211 Å². The number of aromatic carboxylic acids is 1.